The molecule has 2 aromatic carbocycles. The van der Waals surface area contributed by atoms with Gasteiger partial charge in [0.1, 0.15) is 11.6 Å². The van der Waals surface area contributed by atoms with Crippen LogP contribution in [0.15, 0.2) is 67.0 Å². The van der Waals surface area contributed by atoms with Crippen molar-refractivity contribution in [1.29, 1.82) is 0 Å². The quantitative estimate of drug-likeness (QED) is 0.179. The molecular weight excluding hydrogens is 685 g/mol. The number of carboxylic acid groups (broad SMARTS) is 2. The van der Waals surface area contributed by atoms with Crippen LogP contribution < -0.4 is 4.74 Å². The van der Waals surface area contributed by atoms with Crippen LogP contribution in [0.1, 0.15) is 30.3 Å². The van der Waals surface area contributed by atoms with E-state index in [0.29, 0.717) is 6.04 Å². The zero-order valence-electron chi connectivity index (χ0n) is 22.5. The Hall–Kier alpha value is -2.50. The molecule has 1 fully saturated rings. The molecule has 1 aliphatic heterocycles. The Bertz CT molecular complexity index is 1480. The Balaban J connectivity index is 0.000000303. The number of aliphatic carboxylic acids is 2. The first-order chi connectivity index (χ1) is 20.2. The van der Waals surface area contributed by atoms with Crippen molar-refractivity contribution < 1.29 is 24.5 Å². The number of pyridine rings is 1. The Labute approximate surface area is 277 Å². The number of nitrogens with one attached hydrogen (secondary N) is 1. The molecule has 0 saturated carbocycles. The summed E-state index contributed by atoms with van der Waals surface area (Å²) < 4.78 is 0.939. The van der Waals surface area contributed by atoms with Gasteiger partial charge in [0.15, 0.2) is 0 Å². The van der Waals surface area contributed by atoms with E-state index in [1.807, 2.05) is 36.7 Å². The summed E-state index contributed by atoms with van der Waals surface area (Å²) in [7, 11) is 1.70. The molecule has 0 unspecified atom stereocenters. The normalized spacial score (nSPS) is 15.2. The van der Waals surface area contributed by atoms with Gasteiger partial charge in [-0.15, -0.1) is 0 Å². The van der Waals surface area contributed by atoms with E-state index in [4.69, 9.17) is 89.5 Å². The lowest BCUT2D eigenvalue weighted by atomic mass is 10.1. The SMILES string of the molecule is COc1ccc(CN2CCC[C@H]2c2nc3ccc(-c4ccncc4)cc3[nH]2)cc1.O=C(O)C(Cl)(Cl)Cl.O=C(O)C(Cl)(Cl)Cl. The van der Waals surface area contributed by atoms with Crippen LogP contribution in [0.3, 0.4) is 0 Å². The summed E-state index contributed by atoms with van der Waals surface area (Å²) in [5.41, 5.74) is 5.75. The number of nitrogens with zero attached hydrogens (tertiary/aromatic N) is 3. The summed E-state index contributed by atoms with van der Waals surface area (Å²) in [6.07, 6.45) is 5.98. The number of halogens is 6. The van der Waals surface area contributed by atoms with Crippen molar-refractivity contribution in [2.75, 3.05) is 13.7 Å². The second-order valence-corrected chi connectivity index (χ2v) is 13.7. The molecule has 3 N–H and O–H groups in total. The minimum absolute atomic E-state index is 0.328. The van der Waals surface area contributed by atoms with Crippen LogP contribution in [0.25, 0.3) is 22.2 Å². The molecule has 230 valence electrons. The van der Waals surface area contributed by atoms with Gasteiger partial charge in [0.2, 0.25) is 0 Å². The number of aromatic amines is 1. The first-order valence-electron chi connectivity index (χ1n) is 12.6. The first kappa shape index (κ1) is 35.0. The van der Waals surface area contributed by atoms with Crippen LogP contribution in [0.2, 0.25) is 0 Å². The maximum absolute atomic E-state index is 9.62. The number of ether oxygens (including phenoxy) is 1. The lowest BCUT2D eigenvalue weighted by Gasteiger charge is -2.23. The summed E-state index contributed by atoms with van der Waals surface area (Å²) in [5.74, 6) is -0.957. The minimum Gasteiger partial charge on any atom is -0.497 e. The molecule has 0 bridgehead atoms. The van der Waals surface area contributed by atoms with E-state index >= 15 is 0 Å². The van der Waals surface area contributed by atoms with Gasteiger partial charge in [-0.2, -0.15) is 0 Å². The Morgan fingerprint density at radius 2 is 1.51 bits per heavy atom. The lowest BCUT2D eigenvalue weighted by molar-refractivity contribution is -0.136. The van der Waals surface area contributed by atoms with Gasteiger partial charge in [-0.25, -0.2) is 14.6 Å². The molecule has 9 nitrogen and oxygen atoms in total. The van der Waals surface area contributed by atoms with Gasteiger partial charge in [-0.3, -0.25) is 9.88 Å². The number of carbonyl (C=O) groups is 2. The van der Waals surface area contributed by atoms with Crippen LogP contribution in [-0.2, 0) is 16.1 Å². The molecule has 3 heterocycles. The van der Waals surface area contributed by atoms with Gasteiger partial charge in [0.25, 0.3) is 7.59 Å². The molecule has 43 heavy (non-hydrogen) atoms. The number of likely N-dealkylation sites (tertiary alicyclic amines) is 1. The highest BCUT2D eigenvalue weighted by Crippen LogP contribution is 2.34. The Morgan fingerprint density at radius 3 is 2.05 bits per heavy atom. The van der Waals surface area contributed by atoms with Crippen LogP contribution in [0, 0.1) is 0 Å². The molecular formula is C28H26Cl6N4O5. The summed E-state index contributed by atoms with van der Waals surface area (Å²) in [5, 5.41) is 15.7. The second-order valence-electron chi connectivity index (χ2n) is 9.17. The fraction of sp³-hybridized carbons (Fsp3) is 0.286. The number of carboxylic acids is 2. The fourth-order valence-corrected chi connectivity index (χ4v) is 4.20. The first-order valence-corrected chi connectivity index (χ1v) is 14.8. The largest absolute Gasteiger partial charge is 0.497 e. The maximum Gasteiger partial charge on any atom is 0.356 e. The third-order valence-corrected chi connectivity index (χ3v) is 7.19. The number of methoxy groups -OCH3 is 1. The Morgan fingerprint density at radius 1 is 0.930 bits per heavy atom. The van der Waals surface area contributed by atoms with Crippen molar-refractivity contribution in [3.63, 3.8) is 0 Å². The minimum atomic E-state index is -2.17. The number of fused-ring (bicyclic) bond motifs is 1. The molecule has 1 atom stereocenters. The average Bonchev–Trinajstić information content (AvgIpc) is 3.60. The highest BCUT2D eigenvalue weighted by molar-refractivity contribution is 6.76. The van der Waals surface area contributed by atoms with E-state index < -0.39 is 19.5 Å². The Kier molecular flexibility index (Phi) is 12.6. The smallest absolute Gasteiger partial charge is 0.356 e. The molecule has 0 aliphatic carbocycles. The van der Waals surface area contributed by atoms with Crippen LogP contribution in [0.4, 0.5) is 0 Å². The average molecular weight is 711 g/mol. The number of hydrogen-bond donors (Lipinski definition) is 3. The van der Waals surface area contributed by atoms with Crippen LogP contribution in [-0.4, -0.2) is 63.2 Å². The number of rotatable bonds is 5. The van der Waals surface area contributed by atoms with Crippen molar-refractivity contribution in [3.05, 3.63) is 78.4 Å². The van der Waals surface area contributed by atoms with Crippen LogP contribution >= 0.6 is 69.6 Å². The number of imidazole rings is 1. The summed E-state index contributed by atoms with van der Waals surface area (Å²) >= 11 is 28.8. The molecule has 15 heteroatoms. The van der Waals surface area contributed by atoms with Gasteiger partial charge in [0.05, 0.1) is 24.2 Å². The lowest BCUT2D eigenvalue weighted by Crippen LogP contribution is -2.23. The number of benzene rings is 2. The van der Waals surface area contributed by atoms with E-state index in [1.165, 1.54) is 23.1 Å². The van der Waals surface area contributed by atoms with E-state index in [1.54, 1.807) is 7.11 Å². The summed E-state index contributed by atoms with van der Waals surface area (Å²) in [6, 6.07) is 19.2. The van der Waals surface area contributed by atoms with Crippen LogP contribution in [0.5, 0.6) is 5.75 Å². The highest BCUT2D eigenvalue weighted by Gasteiger charge is 2.30. The van der Waals surface area contributed by atoms with Crippen molar-refractivity contribution in [3.8, 4) is 16.9 Å². The van der Waals surface area contributed by atoms with Gasteiger partial charge in [-0.1, -0.05) is 87.8 Å². The molecule has 1 saturated heterocycles. The van der Waals surface area contributed by atoms with Gasteiger partial charge in [-0.05, 0) is 72.5 Å². The standard InChI is InChI=1S/C24H24N4O.2C2HCl3O2/c1-29-20-7-4-17(5-8-20)16-28-14-2-3-23(28)24-26-21-9-6-19(15-22(21)27-24)18-10-12-25-13-11-18;2*3-2(4,5)1(6)7/h4-13,15,23H,2-3,14,16H2,1H3,(H,26,27);2*(H,6,7)/t23-;;/m0../s1. The zero-order chi connectivity index (χ0) is 31.8. The van der Waals surface area contributed by atoms with E-state index in [2.05, 4.69) is 45.2 Å². The van der Waals surface area contributed by atoms with Gasteiger partial charge < -0.3 is 19.9 Å². The van der Waals surface area contributed by atoms with Crippen molar-refractivity contribution in [2.24, 2.45) is 0 Å². The topological polar surface area (TPSA) is 129 Å². The summed E-state index contributed by atoms with van der Waals surface area (Å²) in [6.45, 7) is 2.02. The number of hydrogen-bond acceptors (Lipinski definition) is 6. The van der Waals surface area contributed by atoms with E-state index in [-0.39, 0.29) is 0 Å². The summed E-state index contributed by atoms with van der Waals surface area (Å²) in [4.78, 5) is 34.4. The molecule has 2 aromatic heterocycles. The molecule has 0 radical (unpaired) electrons. The van der Waals surface area contributed by atoms with Gasteiger partial charge >= 0.3 is 11.9 Å². The predicted molar refractivity (Wildman–Crippen MR) is 171 cm³/mol. The molecule has 0 amide bonds. The number of aromatic nitrogens is 3. The third kappa shape index (κ3) is 10.6. The fourth-order valence-electron chi connectivity index (χ4n) is 4.20. The molecule has 0 spiro atoms. The van der Waals surface area contributed by atoms with Gasteiger partial charge in [0, 0.05) is 18.9 Å². The predicted octanol–water partition coefficient (Wildman–Crippen LogP) is 7.85. The van der Waals surface area contributed by atoms with Crippen molar-refractivity contribution in [1.82, 2.24) is 19.9 Å². The third-order valence-electron chi connectivity index (χ3n) is 6.22. The number of alkyl halides is 6. The van der Waals surface area contributed by atoms with E-state index in [0.717, 1.165) is 42.1 Å². The molecule has 1 aliphatic rings. The highest BCUT2D eigenvalue weighted by atomic mass is 35.6. The second kappa shape index (κ2) is 15.5. The monoisotopic (exact) mass is 708 g/mol. The van der Waals surface area contributed by atoms with Crippen molar-refractivity contribution in [2.45, 2.75) is 33.0 Å². The van der Waals surface area contributed by atoms with E-state index in [9.17, 15) is 9.59 Å². The molecule has 5 rings (SSSR count). The maximum atomic E-state index is 9.62. The molecule has 4 aromatic rings. The van der Waals surface area contributed by atoms with Crippen molar-refractivity contribution >= 4 is 92.6 Å². The zero-order valence-corrected chi connectivity index (χ0v) is 27.0. The number of H-pyrrole nitrogens is 1.